The fourth-order valence-corrected chi connectivity index (χ4v) is 3.07. The molecule has 1 saturated heterocycles. The number of nitrogens with one attached hydrogen (secondary N) is 2. The molecule has 2 N–H and O–H groups in total. The van der Waals surface area contributed by atoms with Gasteiger partial charge in [-0.1, -0.05) is 18.2 Å². The predicted molar refractivity (Wildman–Crippen MR) is 92.0 cm³/mol. The Bertz CT molecular complexity index is 888. The van der Waals surface area contributed by atoms with Gasteiger partial charge in [0.25, 0.3) is 11.5 Å². The van der Waals surface area contributed by atoms with Crippen LogP contribution in [0, 0.1) is 0 Å². The number of hydrogen-bond donors (Lipinski definition) is 2. The van der Waals surface area contributed by atoms with Gasteiger partial charge in [0.2, 0.25) is 0 Å². The molecule has 1 aliphatic heterocycles. The molecule has 1 aromatic heterocycles. The monoisotopic (exact) mass is 344 g/mol. The highest BCUT2D eigenvalue weighted by Crippen LogP contribution is 2.31. The highest BCUT2D eigenvalue weighted by atomic mass is 16.5. The van der Waals surface area contributed by atoms with Crippen molar-refractivity contribution in [2.45, 2.75) is 6.04 Å². The first-order valence-electron chi connectivity index (χ1n) is 7.95. The normalized spacial score (nSPS) is 18.2. The molecule has 0 bridgehead atoms. The molecule has 1 atom stereocenters. The van der Waals surface area contributed by atoms with Crippen LogP contribution in [0.2, 0.25) is 0 Å². The van der Waals surface area contributed by atoms with Crippen LogP contribution >= 0.6 is 0 Å². The Morgan fingerprint density at radius 2 is 2.00 bits per heavy atom. The quantitative estimate of drug-likeness (QED) is 0.829. The molecule has 3 rings (SSSR count). The molecule has 1 aliphatic rings. The van der Waals surface area contributed by atoms with Gasteiger partial charge >= 0.3 is 5.69 Å². The lowest BCUT2D eigenvalue weighted by atomic mass is 10.0. The smallest absolute Gasteiger partial charge is 0.325 e. The van der Waals surface area contributed by atoms with Gasteiger partial charge in [-0.25, -0.2) is 4.79 Å². The van der Waals surface area contributed by atoms with Crippen LogP contribution in [0.15, 0.2) is 40.1 Å². The molecule has 0 saturated carbocycles. The summed E-state index contributed by atoms with van der Waals surface area (Å²) in [5, 5.41) is 0. The van der Waals surface area contributed by atoms with Crippen molar-refractivity contribution in [1.82, 2.24) is 19.8 Å². The van der Waals surface area contributed by atoms with Crippen molar-refractivity contribution >= 4 is 5.91 Å². The van der Waals surface area contributed by atoms with E-state index in [4.69, 9.17) is 4.74 Å². The summed E-state index contributed by atoms with van der Waals surface area (Å²) in [4.78, 5) is 43.9. The first-order valence-corrected chi connectivity index (χ1v) is 7.95. The van der Waals surface area contributed by atoms with Crippen molar-refractivity contribution in [3.8, 4) is 5.75 Å². The number of rotatable bonds is 3. The third kappa shape index (κ3) is 3.34. The maximum Gasteiger partial charge on any atom is 0.325 e. The third-order valence-corrected chi connectivity index (χ3v) is 4.48. The van der Waals surface area contributed by atoms with Gasteiger partial charge in [0, 0.05) is 31.4 Å². The van der Waals surface area contributed by atoms with E-state index in [1.807, 2.05) is 31.3 Å². The van der Waals surface area contributed by atoms with E-state index < -0.39 is 17.2 Å². The number of hydrogen-bond acceptors (Lipinski definition) is 5. The zero-order valence-electron chi connectivity index (χ0n) is 14.1. The van der Waals surface area contributed by atoms with Crippen LogP contribution in [0.1, 0.15) is 22.0 Å². The van der Waals surface area contributed by atoms with Crippen LogP contribution in [-0.4, -0.2) is 59.5 Å². The molecule has 0 spiro atoms. The van der Waals surface area contributed by atoms with E-state index in [0.717, 1.165) is 11.3 Å². The number of likely N-dealkylation sites (N-methyl/N-ethyl adjacent to an activating group) is 1. The SMILES string of the molecule is COc1ccccc1[C@@H]1CN(C(=O)c2c[nH]c(=O)[nH]c2=O)CCN1C. The predicted octanol–water partition coefficient (Wildman–Crippen LogP) is 0.201. The first-order chi connectivity index (χ1) is 12.0. The summed E-state index contributed by atoms with van der Waals surface area (Å²) in [5.74, 6) is 0.362. The number of aromatic nitrogens is 2. The maximum atomic E-state index is 12.7. The van der Waals surface area contributed by atoms with Gasteiger partial charge in [-0.05, 0) is 13.1 Å². The van der Waals surface area contributed by atoms with Crippen molar-refractivity contribution in [2.75, 3.05) is 33.8 Å². The van der Waals surface area contributed by atoms with E-state index in [2.05, 4.69) is 14.9 Å². The number of ether oxygens (including phenoxy) is 1. The number of benzene rings is 1. The molecule has 1 fully saturated rings. The molecule has 8 nitrogen and oxygen atoms in total. The average Bonchev–Trinajstić information content (AvgIpc) is 2.61. The Morgan fingerprint density at radius 1 is 1.24 bits per heavy atom. The zero-order chi connectivity index (χ0) is 18.0. The van der Waals surface area contributed by atoms with E-state index in [-0.39, 0.29) is 11.6 Å². The maximum absolute atomic E-state index is 12.7. The molecule has 1 amide bonds. The topological polar surface area (TPSA) is 98.5 Å². The van der Waals surface area contributed by atoms with Crippen LogP contribution in [0.5, 0.6) is 5.75 Å². The summed E-state index contributed by atoms with van der Waals surface area (Å²) in [6.07, 6.45) is 1.17. The Kier molecular flexibility index (Phi) is 4.71. The van der Waals surface area contributed by atoms with Gasteiger partial charge in [0.05, 0.1) is 13.2 Å². The molecule has 132 valence electrons. The molecule has 0 unspecified atom stereocenters. The molecular weight excluding hydrogens is 324 g/mol. The Hall–Kier alpha value is -2.87. The van der Waals surface area contributed by atoms with Gasteiger partial charge in [0.1, 0.15) is 11.3 Å². The van der Waals surface area contributed by atoms with Crippen LogP contribution in [-0.2, 0) is 0 Å². The van der Waals surface area contributed by atoms with Crippen molar-refractivity contribution in [3.05, 3.63) is 62.4 Å². The number of piperazine rings is 1. The number of methoxy groups -OCH3 is 1. The molecule has 25 heavy (non-hydrogen) atoms. The zero-order valence-corrected chi connectivity index (χ0v) is 14.1. The summed E-state index contributed by atoms with van der Waals surface area (Å²) in [5.41, 5.74) is -0.392. The second-order valence-corrected chi connectivity index (χ2v) is 5.98. The minimum absolute atomic E-state index is 0.0457. The van der Waals surface area contributed by atoms with Crippen molar-refractivity contribution < 1.29 is 9.53 Å². The molecule has 0 aliphatic carbocycles. The lowest BCUT2D eigenvalue weighted by Crippen LogP contribution is -2.50. The third-order valence-electron chi connectivity index (χ3n) is 4.48. The molecule has 8 heteroatoms. The number of carbonyl (C=O) groups is 1. The van der Waals surface area contributed by atoms with Crippen LogP contribution in [0.3, 0.4) is 0 Å². The minimum Gasteiger partial charge on any atom is -0.496 e. The molecular formula is C17H20N4O4. The van der Waals surface area contributed by atoms with Gasteiger partial charge < -0.3 is 14.6 Å². The molecule has 1 aromatic carbocycles. The number of para-hydroxylation sites is 1. The number of nitrogens with zero attached hydrogens (tertiary/aromatic N) is 2. The molecule has 0 radical (unpaired) electrons. The van der Waals surface area contributed by atoms with Gasteiger partial charge in [-0.3, -0.25) is 19.5 Å². The van der Waals surface area contributed by atoms with Crippen LogP contribution in [0.25, 0.3) is 0 Å². The fourth-order valence-electron chi connectivity index (χ4n) is 3.07. The summed E-state index contributed by atoms with van der Waals surface area (Å²) >= 11 is 0. The van der Waals surface area contributed by atoms with E-state index >= 15 is 0 Å². The lowest BCUT2D eigenvalue weighted by molar-refractivity contribution is 0.0540. The second kappa shape index (κ2) is 6.94. The van der Waals surface area contributed by atoms with Gasteiger partial charge in [0.15, 0.2) is 0 Å². The second-order valence-electron chi connectivity index (χ2n) is 5.98. The highest BCUT2D eigenvalue weighted by molar-refractivity contribution is 5.93. The summed E-state index contributed by atoms with van der Waals surface area (Å²) < 4.78 is 5.43. The molecule has 2 heterocycles. The number of aromatic amines is 2. The number of carbonyl (C=O) groups excluding carboxylic acids is 1. The van der Waals surface area contributed by atoms with Crippen LogP contribution in [0.4, 0.5) is 0 Å². The van der Waals surface area contributed by atoms with E-state index in [9.17, 15) is 14.4 Å². The summed E-state index contributed by atoms with van der Waals surface area (Å²) in [7, 11) is 3.61. The van der Waals surface area contributed by atoms with Gasteiger partial charge in [-0.15, -0.1) is 0 Å². The fraction of sp³-hybridized carbons (Fsp3) is 0.353. The number of amides is 1. The van der Waals surface area contributed by atoms with Crippen molar-refractivity contribution in [3.63, 3.8) is 0 Å². The largest absolute Gasteiger partial charge is 0.496 e. The van der Waals surface area contributed by atoms with Gasteiger partial charge in [-0.2, -0.15) is 0 Å². The average molecular weight is 344 g/mol. The molecule has 2 aromatic rings. The minimum atomic E-state index is -0.679. The Labute approximate surface area is 144 Å². The van der Waals surface area contributed by atoms with Crippen LogP contribution < -0.4 is 16.0 Å². The Morgan fingerprint density at radius 3 is 2.72 bits per heavy atom. The van der Waals surface area contributed by atoms with Crippen molar-refractivity contribution in [2.24, 2.45) is 0 Å². The standard InChI is InChI=1S/C17H20N4O4/c1-20-7-8-21(16(23)12-9-18-17(24)19-15(12)22)10-13(20)11-5-3-4-6-14(11)25-2/h3-6,9,13H,7-8,10H2,1-2H3,(H2,18,19,22,24)/t13-/m0/s1. The highest BCUT2D eigenvalue weighted by Gasteiger charge is 2.31. The number of H-pyrrole nitrogens is 2. The lowest BCUT2D eigenvalue weighted by Gasteiger charge is -2.40. The first kappa shape index (κ1) is 17.0. The summed E-state index contributed by atoms with van der Waals surface area (Å²) in [6.45, 7) is 1.59. The van der Waals surface area contributed by atoms with E-state index in [0.29, 0.717) is 19.6 Å². The summed E-state index contributed by atoms with van der Waals surface area (Å²) in [6, 6.07) is 7.64. The van der Waals surface area contributed by atoms with E-state index in [1.165, 1.54) is 6.20 Å². The van der Waals surface area contributed by atoms with Crippen molar-refractivity contribution in [1.29, 1.82) is 0 Å². The Balaban J connectivity index is 1.88. The van der Waals surface area contributed by atoms with E-state index in [1.54, 1.807) is 12.0 Å².